The van der Waals surface area contributed by atoms with Crippen molar-refractivity contribution in [3.05, 3.63) is 83.3 Å². The first-order valence-electron chi connectivity index (χ1n) is 9.58. The first kappa shape index (κ1) is 21.0. The summed E-state index contributed by atoms with van der Waals surface area (Å²) in [5.74, 6) is -1.52. The quantitative estimate of drug-likeness (QED) is 0.490. The van der Waals surface area contributed by atoms with E-state index < -0.39 is 16.0 Å². The number of hydrogen-bond acceptors (Lipinski definition) is 3. The van der Waals surface area contributed by atoms with Crippen LogP contribution in [0.4, 0.5) is 4.39 Å². The molecule has 0 saturated carbocycles. The highest BCUT2D eigenvalue weighted by Gasteiger charge is 2.25. The van der Waals surface area contributed by atoms with E-state index in [2.05, 4.69) is 0 Å². The van der Waals surface area contributed by atoms with Crippen LogP contribution < -0.4 is 0 Å². The fourth-order valence-electron chi connectivity index (χ4n) is 3.90. The number of rotatable bonds is 6. The molecule has 6 nitrogen and oxygen atoms in total. The summed E-state index contributed by atoms with van der Waals surface area (Å²) < 4.78 is 40.6. The van der Waals surface area contributed by atoms with Gasteiger partial charge >= 0.3 is 5.97 Å². The molecular formula is C23H21FN2O4S. The summed E-state index contributed by atoms with van der Waals surface area (Å²) in [7, 11) is -2.09. The maximum atomic E-state index is 13.9. The number of nitrogens with zero attached hydrogens (tertiary/aromatic N) is 2. The van der Waals surface area contributed by atoms with Gasteiger partial charge in [-0.15, -0.1) is 0 Å². The number of para-hydroxylation sites is 1. The molecule has 0 aliphatic heterocycles. The number of carbonyl (C=O) groups is 1. The number of aromatic nitrogens is 1. The molecule has 0 atom stereocenters. The molecule has 160 valence electrons. The van der Waals surface area contributed by atoms with Crippen LogP contribution in [0.25, 0.3) is 21.7 Å². The Bertz CT molecular complexity index is 1430. The van der Waals surface area contributed by atoms with Gasteiger partial charge in [0.05, 0.1) is 6.26 Å². The summed E-state index contributed by atoms with van der Waals surface area (Å²) in [6, 6.07) is 17.2. The van der Waals surface area contributed by atoms with Gasteiger partial charge in [-0.2, -0.15) is 0 Å². The third-order valence-electron chi connectivity index (χ3n) is 5.49. The fraction of sp³-hybridized carbons (Fsp3) is 0.174. The van der Waals surface area contributed by atoms with Crippen LogP contribution in [0.15, 0.2) is 60.7 Å². The second-order valence-corrected chi connectivity index (χ2v) is 9.63. The zero-order chi connectivity index (χ0) is 22.3. The van der Waals surface area contributed by atoms with Crippen LogP contribution in [-0.2, 0) is 23.1 Å². The van der Waals surface area contributed by atoms with E-state index in [0.29, 0.717) is 21.9 Å². The topological polar surface area (TPSA) is 79.6 Å². The van der Waals surface area contributed by atoms with Crippen LogP contribution in [0, 0.1) is 5.82 Å². The molecule has 0 unspecified atom stereocenters. The molecule has 0 spiro atoms. The van der Waals surface area contributed by atoms with Gasteiger partial charge in [-0.05, 0) is 34.5 Å². The van der Waals surface area contributed by atoms with Gasteiger partial charge in [-0.1, -0.05) is 42.5 Å². The van der Waals surface area contributed by atoms with Gasteiger partial charge in [-0.3, -0.25) is 0 Å². The third-order valence-corrected chi connectivity index (χ3v) is 6.75. The molecule has 8 heteroatoms. The van der Waals surface area contributed by atoms with Crippen molar-refractivity contribution in [1.82, 2.24) is 8.87 Å². The lowest BCUT2D eigenvalue weighted by atomic mass is 10.0. The second kappa shape index (κ2) is 7.79. The Kier molecular flexibility index (Phi) is 5.28. The minimum atomic E-state index is -3.51. The number of hydrogen-bond donors (Lipinski definition) is 1. The molecule has 0 radical (unpaired) electrons. The summed E-state index contributed by atoms with van der Waals surface area (Å²) in [6.45, 7) is 0.129. The van der Waals surface area contributed by atoms with Crippen molar-refractivity contribution in [2.75, 3.05) is 13.3 Å². The Morgan fingerprint density at radius 2 is 1.81 bits per heavy atom. The Hall–Kier alpha value is -3.23. The second-order valence-electron chi connectivity index (χ2n) is 7.54. The standard InChI is InChI=1S/C23H21FN2O4S/c1-25(31(2,29)30)14-20-18-8-3-4-9-21(18)26(22(20)23(27)28)13-16-7-5-6-15-10-11-17(24)12-19(15)16/h3-12H,13-14H2,1-2H3,(H,27,28). The predicted molar refractivity (Wildman–Crippen MR) is 118 cm³/mol. The number of halogens is 1. The van der Waals surface area contributed by atoms with E-state index in [9.17, 15) is 22.7 Å². The minimum Gasteiger partial charge on any atom is -0.477 e. The molecule has 1 aromatic heterocycles. The van der Waals surface area contributed by atoms with Crippen LogP contribution in [0.5, 0.6) is 0 Å². The largest absolute Gasteiger partial charge is 0.477 e. The van der Waals surface area contributed by atoms with E-state index in [0.717, 1.165) is 21.5 Å². The van der Waals surface area contributed by atoms with Crippen molar-refractivity contribution in [2.24, 2.45) is 0 Å². The van der Waals surface area contributed by atoms with Crippen LogP contribution in [0.2, 0.25) is 0 Å². The predicted octanol–water partition coefficient (Wildman–Crippen LogP) is 4.07. The van der Waals surface area contributed by atoms with Gasteiger partial charge < -0.3 is 9.67 Å². The molecule has 0 amide bonds. The highest BCUT2D eigenvalue weighted by Crippen LogP contribution is 2.30. The molecule has 0 saturated heterocycles. The molecule has 4 rings (SSSR count). The summed E-state index contributed by atoms with van der Waals surface area (Å²) in [5.41, 5.74) is 1.88. The molecule has 1 N–H and O–H groups in total. The Labute approximate surface area is 179 Å². The molecule has 0 aliphatic carbocycles. The van der Waals surface area contributed by atoms with Gasteiger partial charge in [-0.25, -0.2) is 21.9 Å². The minimum absolute atomic E-state index is 0.0186. The zero-order valence-corrected chi connectivity index (χ0v) is 17.9. The van der Waals surface area contributed by atoms with Crippen molar-refractivity contribution in [3.8, 4) is 0 Å². The van der Waals surface area contributed by atoms with Crippen molar-refractivity contribution < 1.29 is 22.7 Å². The normalized spacial score (nSPS) is 12.1. The molecule has 1 heterocycles. The van der Waals surface area contributed by atoms with E-state index in [1.54, 1.807) is 34.9 Å². The lowest BCUT2D eigenvalue weighted by Gasteiger charge is -2.15. The molecule has 31 heavy (non-hydrogen) atoms. The van der Waals surface area contributed by atoms with Gasteiger partial charge in [0.25, 0.3) is 0 Å². The van der Waals surface area contributed by atoms with Gasteiger partial charge in [0.15, 0.2) is 0 Å². The molecule has 0 fully saturated rings. The van der Waals surface area contributed by atoms with Gasteiger partial charge in [0.2, 0.25) is 10.0 Å². The first-order valence-corrected chi connectivity index (χ1v) is 11.4. The molecule has 4 aromatic rings. The highest BCUT2D eigenvalue weighted by atomic mass is 32.2. The number of carboxylic acid groups (broad SMARTS) is 1. The lowest BCUT2D eigenvalue weighted by Crippen LogP contribution is -2.26. The SMILES string of the molecule is CN(Cc1c(C(=O)O)n(Cc2cccc3ccc(F)cc23)c2ccccc12)S(C)(=O)=O. The van der Waals surface area contributed by atoms with E-state index in [-0.39, 0.29) is 24.6 Å². The van der Waals surface area contributed by atoms with E-state index in [4.69, 9.17) is 0 Å². The monoisotopic (exact) mass is 440 g/mol. The van der Waals surface area contributed by atoms with Crippen LogP contribution in [0.1, 0.15) is 21.6 Å². The maximum absolute atomic E-state index is 13.9. The van der Waals surface area contributed by atoms with Crippen LogP contribution in [0.3, 0.4) is 0 Å². The molecule has 0 aliphatic rings. The fourth-order valence-corrected chi connectivity index (χ4v) is 4.27. The van der Waals surface area contributed by atoms with Crippen LogP contribution in [-0.4, -0.2) is 41.7 Å². The summed E-state index contributed by atoms with van der Waals surface area (Å²) in [5, 5.41) is 12.3. The van der Waals surface area contributed by atoms with Crippen LogP contribution >= 0.6 is 0 Å². The average Bonchev–Trinajstić information content (AvgIpc) is 3.01. The number of sulfonamides is 1. The van der Waals surface area contributed by atoms with E-state index in [1.807, 2.05) is 18.2 Å². The number of fused-ring (bicyclic) bond motifs is 2. The van der Waals surface area contributed by atoms with Crippen molar-refractivity contribution in [3.63, 3.8) is 0 Å². The maximum Gasteiger partial charge on any atom is 0.352 e. The van der Waals surface area contributed by atoms with Crippen molar-refractivity contribution in [1.29, 1.82) is 0 Å². The molecular weight excluding hydrogens is 419 g/mol. The summed E-state index contributed by atoms with van der Waals surface area (Å²) in [4.78, 5) is 12.3. The lowest BCUT2D eigenvalue weighted by molar-refractivity contribution is 0.0684. The Morgan fingerprint density at radius 3 is 2.52 bits per heavy atom. The number of carboxylic acids is 1. The average molecular weight is 440 g/mol. The van der Waals surface area contributed by atoms with Gasteiger partial charge in [0.1, 0.15) is 11.5 Å². The third kappa shape index (κ3) is 3.92. The number of benzene rings is 3. The zero-order valence-electron chi connectivity index (χ0n) is 17.0. The van der Waals surface area contributed by atoms with E-state index in [1.165, 1.54) is 19.2 Å². The Morgan fingerprint density at radius 1 is 1.06 bits per heavy atom. The summed E-state index contributed by atoms with van der Waals surface area (Å²) in [6.07, 6.45) is 1.08. The molecule has 0 bridgehead atoms. The first-order chi connectivity index (χ1) is 14.7. The summed E-state index contributed by atoms with van der Waals surface area (Å²) >= 11 is 0. The van der Waals surface area contributed by atoms with Gasteiger partial charge in [0, 0.05) is 36.6 Å². The Balaban J connectivity index is 1.94. The van der Waals surface area contributed by atoms with Crippen molar-refractivity contribution >= 4 is 37.7 Å². The highest BCUT2D eigenvalue weighted by molar-refractivity contribution is 7.88. The molecule has 3 aromatic carbocycles. The van der Waals surface area contributed by atoms with E-state index >= 15 is 0 Å². The number of aromatic carboxylic acids is 1. The van der Waals surface area contributed by atoms with Crippen molar-refractivity contribution in [2.45, 2.75) is 13.1 Å². The smallest absolute Gasteiger partial charge is 0.352 e.